The minimum atomic E-state index is -0.967. The summed E-state index contributed by atoms with van der Waals surface area (Å²) < 4.78 is 25.7. The van der Waals surface area contributed by atoms with Crippen molar-refractivity contribution in [2.45, 2.75) is 82.8 Å². The first-order valence-corrected chi connectivity index (χ1v) is 14.0. The van der Waals surface area contributed by atoms with Gasteiger partial charge in [-0.05, 0) is 57.9 Å². The maximum atomic E-state index is 14.1. The fourth-order valence-electron chi connectivity index (χ4n) is 5.72. The molecule has 206 valence electrons. The summed E-state index contributed by atoms with van der Waals surface area (Å²) in [5.41, 5.74) is 3.66. The van der Waals surface area contributed by atoms with Gasteiger partial charge in [0.25, 0.3) is 5.91 Å². The number of aryl methyl sites for hydroxylation is 1. The van der Waals surface area contributed by atoms with E-state index in [4.69, 9.17) is 9.47 Å². The van der Waals surface area contributed by atoms with Crippen LogP contribution in [0.4, 0.5) is 10.2 Å². The van der Waals surface area contributed by atoms with Crippen LogP contribution in [0, 0.1) is 13.8 Å². The number of nitrogens with zero attached hydrogens (tertiary/aromatic N) is 3. The molecule has 0 bridgehead atoms. The lowest BCUT2D eigenvalue weighted by Crippen LogP contribution is -2.52. The number of hydrogen-bond acceptors (Lipinski definition) is 7. The van der Waals surface area contributed by atoms with Crippen molar-refractivity contribution in [3.63, 3.8) is 0 Å². The van der Waals surface area contributed by atoms with E-state index >= 15 is 0 Å². The van der Waals surface area contributed by atoms with Crippen molar-refractivity contribution >= 4 is 11.7 Å². The molecule has 3 saturated heterocycles. The molecule has 0 saturated carbocycles. The molecule has 2 N–H and O–H groups in total. The van der Waals surface area contributed by atoms with Crippen LogP contribution in [-0.2, 0) is 9.47 Å². The molecule has 4 heterocycles. The van der Waals surface area contributed by atoms with E-state index in [0.717, 1.165) is 37.7 Å². The van der Waals surface area contributed by atoms with Gasteiger partial charge in [0.05, 0.1) is 18.8 Å². The Balaban J connectivity index is 1.13. The van der Waals surface area contributed by atoms with Crippen LogP contribution < -0.4 is 10.6 Å². The molecule has 1 amide bonds. The van der Waals surface area contributed by atoms with Gasteiger partial charge in [-0.3, -0.25) is 4.79 Å². The number of aromatic nitrogens is 2. The zero-order valence-corrected chi connectivity index (χ0v) is 22.5. The summed E-state index contributed by atoms with van der Waals surface area (Å²) in [5.74, 6) is 0.601. The maximum absolute atomic E-state index is 14.1. The van der Waals surface area contributed by atoms with Gasteiger partial charge in [0.2, 0.25) is 0 Å². The second-order valence-corrected chi connectivity index (χ2v) is 10.9. The lowest BCUT2D eigenvalue weighted by atomic mass is 9.97. The molecule has 0 aliphatic carbocycles. The zero-order chi connectivity index (χ0) is 26.5. The number of amides is 1. The van der Waals surface area contributed by atoms with Crippen LogP contribution in [-0.4, -0.2) is 78.0 Å². The van der Waals surface area contributed by atoms with Gasteiger partial charge in [0.1, 0.15) is 24.0 Å². The van der Waals surface area contributed by atoms with Gasteiger partial charge in [-0.1, -0.05) is 29.8 Å². The number of ether oxygens (including phenoxy) is 2. The molecule has 0 spiro atoms. The van der Waals surface area contributed by atoms with E-state index in [1.54, 1.807) is 0 Å². The van der Waals surface area contributed by atoms with E-state index in [-0.39, 0.29) is 36.8 Å². The first-order valence-electron chi connectivity index (χ1n) is 14.0. The lowest BCUT2D eigenvalue weighted by Gasteiger charge is -2.36. The van der Waals surface area contributed by atoms with Crippen LogP contribution in [0.5, 0.6) is 0 Å². The van der Waals surface area contributed by atoms with Crippen LogP contribution in [0.15, 0.2) is 30.6 Å². The average Bonchev–Trinajstić information content (AvgIpc) is 2.94. The van der Waals surface area contributed by atoms with Crippen LogP contribution in [0.1, 0.15) is 71.8 Å². The molecule has 4 atom stereocenters. The molecule has 4 unspecified atom stereocenters. The Hall–Kier alpha value is -2.62. The number of hydrogen-bond donors (Lipinski definition) is 2. The van der Waals surface area contributed by atoms with Gasteiger partial charge in [-0.15, -0.1) is 0 Å². The van der Waals surface area contributed by atoms with Gasteiger partial charge in [0, 0.05) is 43.9 Å². The first-order chi connectivity index (χ1) is 18.5. The fourth-order valence-corrected chi connectivity index (χ4v) is 5.72. The fraction of sp³-hybridized carbons (Fsp3) is 0.621. The Labute approximate surface area is 224 Å². The highest BCUT2D eigenvalue weighted by molar-refractivity contribution is 5.94. The SMILES string of the molecule is Cc1ccc(C2CCCC(CNc3ncnc(C(=O)N4CCC(NC5CCOCC5F)CC4)c3C)O2)cc1. The molecule has 38 heavy (non-hydrogen) atoms. The molecule has 2 aromatic rings. The minimum absolute atomic E-state index is 0.0748. The molecule has 1 aromatic carbocycles. The molecular formula is C29H40FN5O3. The van der Waals surface area contributed by atoms with Gasteiger partial charge in [0.15, 0.2) is 0 Å². The highest BCUT2D eigenvalue weighted by Gasteiger charge is 2.31. The summed E-state index contributed by atoms with van der Waals surface area (Å²) in [7, 11) is 0. The highest BCUT2D eigenvalue weighted by atomic mass is 19.1. The zero-order valence-electron chi connectivity index (χ0n) is 22.5. The third-order valence-electron chi connectivity index (χ3n) is 8.10. The Morgan fingerprint density at radius 3 is 2.63 bits per heavy atom. The first kappa shape index (κ1) is 27.0. The van der Waals surface area contributed by atoms with E-state index in [1.807, 2.05) is 11.8 Å². The minimum Gasteiger partial charge on any atom is -0.378 e. The van der Waals surface area contributed by atoms with Crippen molar-refractivity contribution in [3.05, 3.63) is 53.0 Å². The summed E-state index contributed by atoms with van der Waals surface area (Å²) in [5, 5.41) is 6.87. The van der Waals surface area contributed by atoms with Gasteiger partial charge in [-0.2, -0.15) is 0 Å². The second-order valence-electron chi connectivity index (χ2n) is 10.9. The quantitative estimate of drug-likeness (QED) is 0.562. The Morgan fingerprint density at radius 2 is 1.87 bits per heavy atom. The predicted molar refractivity (Wildman–Crippen MR) is 144 cm³/mol. The van der Waals surface area contributed by atoms with Crippen LogP contribution in [0.2, 0.25) is 0 Å². The normalized spacial score (nSPS) is 26.8. The van der Waals surface area contributed by atoms with Crippen LogP contribution >= 0.6 is 0 Å². The number of benzene rings is 1. The number of anilines is 1. The third-order valence-corrected chi connectivity index (χ3v) is 8.10. The van der Waals surface area contributed by atoms with Crippen molar-refractivity contribution < 1.29 is 18.7 Å². The van der Waals surface area contributed by atoms with Crippen LogP contribution in [0.3, 0.4) is 0 Å². The van der Waals surface area contributed by atoms with Gasteiger partial charge < -0.3 is 25.0 Å². The van der Waals surface area contributed by atoms with Gasteiger partial charge in [-0.25, -0.2) is 14.4 Å². The Morgan fingerprint density at radius 1 is 1.08 bits per heavy atom. The second kappa shape index (κ2) is 12.5. The summed E-state index contributed by atoms with van der Waals surface area (Å²) in [6, 6.07) is 8.63. The molecule has 1 aromatic heterocycles. The molecule has 8 nitrogen and oxygen atoms in total. The predicted octanol–water partition coefficient (Wildman–Crippen LogP) is 4.14. The monoisotopic (exact) mass is 525 g/mol. The van der Waals surface area contributed by atoms with Crippen molar-refractivity contribution in [2.75, 3.05) is 38.2 Å². The third kappa shape index (κ3) is 6.50. The standard InChI is InChI=1S/C29H40FN5O3/c1-19-6-8-21(9-7-19)26-5-3-4-23(38-26)16-31-28-20(2)27(32-18-33-28)29(36)35-13-10-22(11-14-35)34-25-12-15-37-17-24(25)30/h6-9,18,22-26,34H,3-5,10-17H2,1-2H3,(H,31,32,33). The summed E-state index contributed by atoms with van der Waals surface area (Å²) in [4.78, 5) is 23.9. The van der Waals surface area contributed by atoms with E-state index in [1.165, 1.54) is 17.5 Å². The van der Waals surface area contributed by atoms with Gasteiger partial charge >= 0.3 is 0 Å². The summed E-state index contributed by atoms with van der Waals surface area (Å²) >= 11 is 0. The molecule has 5 rings (SSSR count). The lowest BCUT2D eigenvalue weighted by molar-refractivity contribution is -0.0442. The number of carbonyl (C=O) groups is 1. The largest absolute Gasteiger partial charge is 0.378 e. The number of rotatable bonds is 7. The number of alkyl halides is 1. The maximum Gasteiger partial charge on any atom is 0.272 e. The number of nitrogens with one attached hydrogen (secondary N) is 2. The van der Waals surface area contributed by atoms with E-state index < -0.39 is 6.17 Å². The van der Waals surface area contributed by atoms with Crippen molar-refractivity contribution in [3.8, 4) is 0 Å². The number of likely N-dealkylation sites (tertiary alicyclic amines) is 1. The number of carbonyl (C=O) groups excluding carboxylic acids is 1. The molecule has 3 aliphatic heterocycles. The molecular weight excluding hydrogens is 485 g/mol. The van der Waals surface area contributed by atoms with E-state index in [9.17, 15) is 9.18 Å². The average molecular weight is 526 g/mol. The Kier molecular flexibility index (Phi) is 8.86. The van der Waals surface area contributed by atoms with Crippen LogP contribution in [0.25, 0.3) is 0 Å². The van der Waals surface area contributed by atoms with Crippen molar-refractivity contribution in [1.82, 2.24) is 20.2 Å². The van der Waals surface area contributed by atoms with E-state index in [0.29, 0.717) is 44.2 Å². The number of halogens is 1. The highest BCUT2D eigenvalue weighted by Crippen LogP contribution is 2.31. The smallest absolute Gasteiger partial charge is 0.272 e. The molecule has 0 radical (unpaired) electrons. The topological polar surface area (TPSA) is 88.6 Å². The molecule has 3 aliphatic rings. The van der Waals surface area contributed by atoms with E-state index in [2.05, 4.69) is 51.8 Å². The molecule has 9 heteroatoms. The van der Waals surface area contributed by atoms with Crippen molar-refractivity contribution in [1.29, 1.82) is 0 Å². The number of piperidine rings is 1. The summed E-state index contributed by atoms with van der Waals surface area (Å²) in [6.07, 6.45) is 6.10. The van der Waals surface area contributed by atoms with Crippen molar-refractivity contribution in [2.24, 2.45) is 0 Å². The summed E-state index contributed by atoms with van der Waals surface area (Å²) in [6.45, 7) is 6.63. The molecule has 3 fully saturated rings. The Bertz CT molecular complexity index is 1080.